The van der Waals surface area contributed by atoms with Crippen molar-refractivity contribution in [1.29, 1.82) is 0 Å². The Kier molecular flexibility index (Phi) is 5.25. The molecular weight excluding hydrogens is 436 g/mol. The van der Waals surface area contributed by atoms with Crippen LogP contribution in [0.4, 0.5) is 0 Å². The van der Waals surface area contributed by atoms with E-state index in [1.807, 2.05) is 18.2 Å². The molecular formula is C24H20N6O4. The number of aromatic nitrogens is 6. The van der Waals surface area contributed by atoms with Gasteiger partial charge in [0.2, 0.25) is 5.89 Å². The Hall–Kier alpha value is -4.60. The highest BCUT2D eigenvalue weighted by Crippen LogP contribution is 2.30. The Morgan fingerprint density at radius 2 is 1.88 bits per heavy atom. The first kappa shape index (κ1) is 21.3. The summed E-state index contributed by atoms with van der Waals surface area (Å²) in [6, 6.07) is 10.9. The number of para-hydroxylation sites is 1. The average Bonchev–Trinajstić information content (AvgIpc) is 3.25. The minimum Gasteiger partial charge on any atom is -0.496 e. The van der Waals surface area contributed by atoms with Crippen molar-refractivity contribution < 1.29 is 9.15 Å². The molecule has 0 atom stereocenters. The summed E-state index contributed by atoms with van der Waals surface area (Å²) in [5.74, 6) is 1.83. The molecule has 5 rings (SSSR count). The molecule has 0 aliphatic carbocycles. The van der Waals surface area contributed by atoms with Crippen LogP contribution in [0.25, 0.3) is 33.9 Å². The van der Waals surface area contributed by atoms with Gasteiger partial charge in [0.15, 0.2) is 11.5 Å². The van der Waals surface area contributed by atoms with Crippen molar-refractivity contribution in [1.82, 2.24) is 29.1 Å². The number of methoxy groups -OCH3 is 1. The lowest BCUT2D eigenvalue weighted by atomic mass is 10.2. The Bertz CT molecular complexity index is 1640. The number of oxazole rings is 1. The van der Waals surface area contributed by atoms with Crippen molar-refractivity contribution in [2.75, 3.05) is 7.11 Å². The lowest BCUT2D eigenvalue weighted by Gasteiger charge is -2.10. The van der Waals surface area contributed by atoms with Gasteiger partial charge >= 0.3 is 5.69 Å². The molecule has 0 radical (unpaired) electrons. The van der Waals surface area contributed by atoms with Crippen LogP contribution in [0, 0.1) is 6.92 Å². The number of aryl methyl sites for hydroxylation is 2. The number of hydrogen-bond donors (Lipinski definition) is 0. The molecule has 0 aliphatic heterocycles. The van der Waals surface area contributed by atoms with Crippen LogP contribution in [0.3, 0.4) is 0 Å². The number of fused-ring (bicyclic) bond motifs is 1. The van der Waals surface area contributed by atoms with Gasteiger partial charge in [-0.2, -0.15) is 0 Å². The molecule has 0 spiro atoms. The summed E-state index contributed by atoms with van der Waals surface area (Å²) in [6.07, 6.45) is 4.69. The normalized spacial score (nSPS) is 11.1. The molecule has 0 bridgehead atoms. The Labute approximate surface area is 193 Å². The van der Waals surface area contributed by atoms with Crippen LogP contribution in [0.15, 0.2) is 69.0 Å². The summed E-state index contributed by atoms with van der Waals surface area (Å²) in [5.41, 5.74) is 1.04. The molecule has 0 N–H and O–H groups in total. The lowest BCUT2D eigenvalue weighted by Crippen LogP contribution is -2.40. The smallest absolute Gasteiger partial charge is 0.332 e. The summed E-state index contributed by atoms with van der Waals surface area (Å²) in [4.78, 5) is 43.7. The maximum Gasteiger partial charge on any atom is 0.332 e. The quantitative estimate of drug-likeness (QED) is 0.396. The summed E-state index contributed by atoms with van der Waals surface area (Å²) in [6.45, 7) is 1.68. The summed E-state index contributed by atoms with van der Waals surface area (Å²) in [5, 5.41) is 0.223. The SMILES string of the molecule is COc1ccccc1-c1nc(Cn2c(=O)c3cnc(-c4cccnc4)nc3n(C)c2=O)c(C)o1. The zero-order valence-electron chi connectivity index (χ0n) is 18.7. The van der Waals surface area contributed by atoms with Crippen molar-refractivity contribution in [2.24, 2.45) is 7.05 Å². The highest BCUT2D eigenvalue weighted by atomic mass is 16.5. The Balaban J connectivity index is 1.59. The average molecular weight is 456 g/mol. The van der Waals surface area contributed by atoms with Crippen LogP contribution in [-0.2, 0) is 13.6 Å². The topological polar surface area (TPSA) is 118 Å². The molecule has 0 saturated heterocycles. The fraction of sp³-hybridized carbons (Fsp3) is 0.167. The van der Waals surface area contributed by atoms with E-state index >= 15 is 0 Å². The molecule has 0 amide bonds. The van der Waals surface area contributed by atoms with Crippen LogP contribution >= 0.6 is 0 Å². The third kappa shape index (κ3) is 3.54. The molecule has 5 aromatic rings. The third-order valence-corrected chi connectivity index (χ3v) is 5.54. The molecule has 10 heteroatoms. The second-order valence-corrected chi connectivity index (χ2v) is 7.63. The summed E-state index contributed by atoms with van der Waals surface area (Å²) >= 11 is 0. The zero-order chi connectivity index (χ0) is 23.8. The Morgan fingerprint density at radius 3 is 2.65 bits per heavy atom. The van der Waals surface area contributed by atoms with E-state index in [-0.39, 0.29) is 17.6 Å². The molecule has 170 valence electrons. The largest absolute Gasteiger partial charge is 0.496 e. The fourth-order valence-electron chi connectivity index (χ4n) is 3.72. The number of pyridine rings is 1. The lowest BCUT2D eigenvalue weighted by molar-refractivity contribution is 0.414. The van der Waals surface area contributed by atoms with Gasteiger partial charge in [-0.05, 0) is 31.2 Å². The van der Waals surface area contributed by atoms with E-state index in [9.17, 15) is 9.59 Å². The minimum atomic E-state index is -0.519. The first-order valence-electron chi connectivity index (χ1n) is 10.4. The monoisotopic (exact) mass is 456 g/mol. The van der Waals surface area contributed by atoms with Crippen molar-refractivity contribution in [3.63, 3.8) is 0 Å². The van der Waals surface area contributed by atoms with Crippen molar-refractivity contribution in [3.8, 4) is 28.6 Å². The maximum absolute atomic E-state index is 13.2. The Morgan fingerprint density at radius 1 is 1.06 bits per heavy atom. The molecule has 1 aromatic carbocycles. The molecule has 0 saturated carbocycles. The van der Waals surface area contributed by atoms with E-state index < -0.39 is 11.2 Å². The number of ether oxygens (including phenoxy) is 1. The van der Waals surface area contributed by atoms with Gasteiger partial charge in [0.05, 0.1) is 19.2 Å². The molecule has 34 heavy (non-hydrogen) atoms. The molecule has 10 nitrogen and oxygen atoms in total. The minimum absolute atomic E-state index is 0.0592. The van der Waals surface area contributed by atoms with Crippen LogP contribution in [0.1, 0.15) is 11.5 Å². The highest BCUT2D eigenvalue weighted by molar-refractivity contribution is 5.75. The van der Waals surface area contributed by atoms with Crippen molar-refractivity contribution >= 4 is 11.0 Å². The van der Waals surface area contributed by atoms with E-state index in [1.165, 1.54) is 10.8 Å². The van der Waals surface area contributed by atoms with Crippen LogP contribution < -0.4 is 16.0 Å². The molecule has 0 unspecified atom stereocenters. The number of benzene rings is 1. The summed E-state index contributed by atoms with van der Waals surface area (Å²) in [7, 11) is 3.13. The van der Waals surface area contributed by atoms with Gasteiger partial charge in [-0.25, -0.2) is 19.7 Å². The number of nitrogens with zero attached hydrogens (tertiary/aromatic N) is 6. The number of rotatable bonds is 5. The van der Waals surface area contributed by atoms with E-state index in [2.05, 4.69) is 19.9 Å². The molecule has 0 aliphatic rings. The first-order valence-corrected chi connectivity index (χ1v) is 10.4. The van der Waals surface area contributed by atoms with Gasteiger partial charge in [0.25, 0.3) is 5.56 Å². The van der Waals surface area contributed by atoms with E-state index in [1.54, 1.807) is 51.7 Å². The summed E-state index contributed by atoms with van der Waals surface area (Å²) < 4.78 is 13.6. The molecule has 4 aromatic heterocycles. The van der Waals surface area contributed by atoms with E-state index in [4.69, 9.17) is 9.15 Å². The van der Waals surface area contributed by atoms with Crippen LogP contribution in [-0.4, -0.2) is 36.2 Å². The molecule has 4 heterocycles. The van der Waals surface area contributed by atoms with Gasteiger partial charge < -0.3 is 9.15 Å². The van der Waals surface area contributed by atoms with Crippen molar-refractivity contribution in [2.45, 2.75) is 13.5 Å². The predicted molar refractivity (Wildman–Crippen MR) is 125 cm³/mol. The van der Waals surface area contributed by atoms with Gasteiger partial charge in [-0.3, -0.25) is 18.9 Å². The first-order chi connectivity index (χ1) is 16.5. The predicted octanol–water partition coefficient (Wildman–Crippen LogP) is 2.57. The third-order valence-electron chi connectivity index (χ3n) is 5.54. The highest BCUT2D eigenvalue weighted by Gasteiger charge is 2.19. The van der Waals surface area contributed by atoms with Crippen molar-refractivity contribution in [3.05, 3.63) is 87.3 Å². The van der Waals surface area contributed by atoms with Gasteiger partial charge in [0, 0.05) is 31.2 Å². The van der Waals surface area contributed by atoms with Crippen LogP contribution in [0.2, 0.25) is 0 Å². The van der Waals surface area contributed by atoms with Gasteiger partial charge in [0.1, 0.15) is 22.6 Å². The van der Waals surface area contributed by atoms with E-state index in [0.29, 0.717) is 40.0 Å². The fourth-order valence-corrected chi connectivity index (χ4v) is 3.72. The van der Waals surface area contributed by atoms with Gasteiger partial charge in [-0.1, -0.05) is 12.1 Å². The maximum atomic E-state index is 13.2. The second kappa shape index (κ2) is 8.39. The van der Waals surface area contributed by atoms with Crippen LogP contribution in [0.5, 0.6) is 5.75 Å². The van der Waals surface area contributed by atoms with Gasteiger partial charge in [-0.15, -0.1) is 0 Å². The molecule has 0 fully saturated rings. The number of hydrogen-bond acceptors (Lipinski definition) is 8. The zero-order valence-corrected chi connectivity index (χ0v) is 18.7. The standard InChI is InChI=1S/C24H20N6O4/c1-14-18(27-22(34-14)16-8-4-5-9-19(16)33-3)13-30-23(31)17-12-26-20(15-7-6-10-25-11-15)28-21(17)29(2)24(30)32/h4-12H,13H2,1-3H3. The second-order valence-electron chi connectivity index (χ2n) is 7.63. The van der Waals surface area contributed by atoms with E-state index in [0.717, 1.165) is 4.57 Å².